The Labute approximate surface area is 40.5 Å². The molecule has 0 amide bonds. The van der Waals surface area contributed by atoms with Crippen LogP contribution in [0.4, 0.5) is 0 Å². The Morgan fingerprint density at radius 2 is 1.83 bits per heavy atom. The SMILES string of the molecule is [O]=[Mo](=[O])([OH])[O]P. The fourth-order valence-corrected chi connectivity index (χ4v) is 0. The van der Waals surface area contributed by atoms with Crippen LogP contribution in [0.25, 0.3) is 0 Å². The molecule has 0 radical (unpaired) electrons. The van der Waals surface area contributed by atoms with Gasteiger partial charge in [-0.2, -0.15) is 0 Å². The predicted molar refractivity (Wildman–Crippen MR) is 14.4 cm³/mol. The van der Waals surface area contributed by atoms with E-state index in [2.05, 4.69) is 3.18 Å². The first-order valence-corrected chi connectivity index (χ1v) is 4.75. The van der Waals surface area contributed by atoms with Gasteiger partial charge in [0.1, 0.15) is 0 Å². The Bertz CT molecular complexity index is 110. The van der Waals surface area contributed by atoms with Gasteiger partial charge in [-0.3, -0.25) is 0 Å². The summed E-state index contributed by atoms with van der Waals surface area (Å²) in [5.74, 6) is 0. The molecule has 1 N–H and O–H groups in total. The van der Waals surface area contributed by atoms with Crippen LogP contribution in [0.1, 0.15) is 0 Å². The second kappa shape index (κ2) is 2.08. The van der Waals surface area contributed by atoms with Gasteiger partial charge < -0.3 is 0 Å². The van der Waals surface area contributed by atoms with E-state index in [9.17, 15) is 6.80 Å². The summed E-state index contributed by atoms with van der Waals surface area (Å²) >= 11 is -5.10. The molecule has 0 saturated heterocycles. The second-order valence-electron chi connectivity index (χ2n) is 0.524. The van der Waals surface area contributed by atoms with Crippen LogP contribution in [-0.4, -0.2) is 3.76 Å². The van der Waals surface area contributed by atoms with E-state index in [1.54, 1.807) is 0 Å². The monoisotopic (exact) mass is 196 g/mol. The average molecular weight is 194 g/mol. The molecule has 0 aliphatic carbocycles. The van der Waals surface area contributed by atoms with E-state index in [0.717, 1.165) is 0 Å². The topological polar surface area (TPSA) is 63.6 Å². The van der Waals surface area contributed by atoms with Gasteiger partial charge >= 0.3 is 39.9 Å². The molecule has 6 heavy (non-hydrogen) atoms. The Hall–Kier alpha value is 0.638. The van der Waals surface area contributed by atoms with E-state index in [1.165, 1.54) is 9.47 Å². The Balaban J connectivity index is 3.85. The standard InChI is InChI=1S/Mo.H2OP.H2O.2O/c;1-2;;;/h;2H2;1H2;;/q+2;-1;;;/p-1. The molecule has 0 aromatic heterocycles. The van der Waals surface area contributed by atoms with Crippen molar-refractivity contribution in [2.45, 2.75) is 0 Å². The van der Waals surface area contributed by atoms with Crippen LogP contribution in [0.2, 0.25) is 0 Å². The molecular formula is H3MoO4P. The van der Waals surface area contributed by atoms with Gasteiger partial charge in [0, 0.05) is 0 Å². The Morgan fingerprint density at radius 1 is 1.67 bits per heavy atom. The zero-order valence-electron chi connectivity index (χ0n) is 2.66. The van der Waals surface area contributed by atoms with Gasteiger partial charge in [0.2, 0.25) is 0 Å². The average Bonchev–Trinajstić information content (AvgIpc) is 1.35. The van der Waals surface area contributed by atoms with Crippen LogP contribution in [0.15, 0.2) is 0 Å². The molecule has 0 aliphatic heterocycles. The molecule has 0 bridgehead atoms. The molecule has 0 fully saturated rings. The normalized spacial score (nSPS) is 11.7. The van der Waals surface area contributed by atoms with Gasteiger partial charge in [0.25, 0.3) is 0 Å². The third-order valence-corrected chi connectivity index (χ3v) is 2.16. The predicted octanol–water partition coefficient (Wildman–Crippen LogP) is -0.540. The summed E-state index contributed by atoms with van der Waals surface area (Å²) in [5.41, 5.74) is 0. The third kappa shape index (κ3) is 4.64. The van der Waals surface area contributed by atoms with Crippen molar-refractivity contribution >= 4 is 9.47 Å². The van der Waals surface area contributed by atoms with Crippen molar-refractivity contribution in [2.24, 2.45) is 0 Å². The van der Waals surface area contributed by atoms with Gasteiger partial charge in [0.15, 0.2) is 0 Å². The molecule has 0 aromatic carbocycles. The van der Waals surface area contributed by atoms with Gasteiger partial charge in [-0.15, -0.1) is 0 Å². The summed E-state index contributed by atoms with van der Waals surface area (Å²) in [6, 6.07) is 0. The van der Waals surface area contributed by atoms with Crippen molar-refractivity contribution in [3.05, 3.63) is 0 Å². The van der Waals surface area contributed by atoms with E-state index in [-0.39, 0.29) is 0 Å². The van der Waals surface area contributed by atoms with Crippen molar-refractivity contribution in [3.63, 3.8) is 0 Å². The number of hydrogen-bond acceptors (Lipinski definition) is 3. The van der Waals surface area contributed by atoms with Crippen molar-refractivity contribution in [3.8, 4) is 0 Å². The molecule has 1 unspecified atom stereocenters. The minimum absolute atomic E-state index is 1.43. The molecule has 0 aliphatic rings. The summed E-state index contributed by atoms with van der Waals surface area (Å²) < 4.78 is 30.0. The quantitative estimate of drug-likeness (QED) is 0.449. The molecule has 0 aromatic rings. The van der Waals surface area contributed by atoms with Gasteiger partial charge in [-0.25, -0.2) is 0 Å². The fraction of sp³-hybridized carbons (Fsp3) is 0. The summed E-state index contributed by atoms with van der Waals surface area (Å²) in [6.07, 6.45) is 0. The van der Waals surface area contributed by atoms with Crippen LogP contribution in [0, 0.1) is 0 Å². The minimum atomic E-state index is -5.10. The van der Waals surface area contributed by atoms with E-state index in [1.807, 2.05) is 0 Å². The molecular weight excluding hydrogens is 191 g/mol. The molecule has 1 atom stereocenters. The molecule has 0 heterocycles. The van der Waals surface area contributed by atoms with E-state index in [4.69, 9.17) is 3.76 Å². The second-order valence-corrected chi connectivity index (χ2v) is 4.24. The van der Waals surface area contributed by atoms with Crippen molar-refractivity contribution in [1.82, 2.24) is 0 Å². The Morgan fingerprint density at radius 3 is 1.83 bits per heavy atom. The van der Waals surface area contributed by atoms with Crippen LogP contribution in [0.3, 0.4) is 0 Å². The summed E-state index contributed by atoms with van der Waals surface area (Å²) in [7, 11) is 1.43. The number of hydrogen-bond donors (Lipinski definition) is 1. The van der Waals surface area contributed by atoms with Crippen LogP contribution in [-0.2, 0) is 26.7 Å². The molecule has 38 valence electrons. The van der Waals surface area contributed by atoms with Crippen molar-refractivity contribution in [2.75, 3.05) is 0 Å². The first kappa shape index (κ1) is 6.64. The van der Waals surface area contributed by atoms with E-state index in [0.29, 0.717) is 0 Å². The van der Waals surface area contributed by atoms with Gasteiger partial charge in [-0.1, -0.05) is 0 Å². The molecule has 0 saturated carbocycles. The van der Waals surface area contributed by atoms with Crippen LogP contribution in [0.5, 0.6) is 0 Å². The van der Waals surface area contributed by atoms with Gasteiger partial charge in [0.05, 0.1) is 0 Å². The molecule has 4 nitrogen and oxygen atoms in total. The summed E-state index contributed by atoms with van der Waals surface area (Å²) in [4.78, 5) is 0. The zero-order valence-corrected chi connectivity index (χ0v) is 5.82. The van der Waals surface area contributed by atoms with Gasteiger partial charge in [-0.05, 0) is 0 Å². The Kier molecular flexibility index (Phi) is 2.30. The molecule has 6 heteroatoms. The van der Waals surface area contributed by atoms with Crippen LogP contribution >= 0.6 is 9.47 Å². The third-order valence-electron chi connectivity index (χ3n) is 0.122. The fourth-order valence-electron chi connectivity index (χ4n) is 0. The maximum absolute atomic E-state index is 9.42. The first-order chi connectivity index (χ1) is 2.56. The first-order valence-electron chi connectivity index (χ1n) is 0.918. The van der Waals surface area contributed by atoms with E-state index < -0.39 is 16.7 Å². The van der Waals surface area contributed by atoms with Crippen molar-refractivity contribution < 1.29 is 30.5 Å². The zero-order chi connectivity index (χ0) is 5.21. The summed E-state index contributed by atoms with van der Waals surface area (Å²) in [6.45, 7) is 0. The molecule has 0 spiro atoms. The van der Waals surface area contributed by atoms with Crippen molar-refractivity contribution in [1.29, 1.82) is 0 Å². The van der Waals surface area contributed by atoms with E-state index >= 15 is 0 Å². The molecule has 0 rings (SSSR count). The summed E-state index contributed by atoms with van der Waals surface area (Å²) in [5, 5.41) is 0. The number of rotatable bonds is 1. The van der Waals surface area contributed by atoms with Crippen LogP contribution < -0.4 is 0 Å². The maximum atomic E-state index is 9.42.